The molecule has 1 aromatic rings. The van der Waals surface area contributed by atoms with Crippen molar-refractivity contribution in [3.63, 3.8) is 0 Å². The molecule has 0 radical (unpaired) electrons. The second kappa shape index (κ2) is 7.92. The second-order valence-electron chi connectivity index (χ2n) is 8.42. The van der Waals surface area contributed by atoms with Crippen molar-refractivity contribution in [3.8, 4) is 0 Å². The number of benzene rings is 1. The molecule has 2 aliphatic carbocycles. The SMILES string of the molecule is O=C(N[C@H]1C[C@@H]2CC[C@@H]1C2)C1CCN(S(=O)(=O)Cc2c(F)cccc2Cl)CC1. The van der Waals surface area contributed by atoms with Crippen molar-refractivity contribution >= 4 is 27.5 Å². The maximum atomic E-state index is 14.0. The van der Waals surface area contributed by atoms with Gasteiger partial charge in [-0.1, -0.05) is 24.1 Å². The Morgan fingerprint density at radius 1 is 1.18 bits per heavy atom. The van der Waals surface area contributed by atoms with Crippen LogP contribution in [0.2, 0.25) is 5.02 Å². The highest BCUT2D eigenvalue weighted by Crippen LogP contribution is 2.44. The van der Waals surface area contributed by atoms with E-state index in [9.17, 15) is 17.6 Å². The van der Waals surface area contributed by atoms with Crippen LogP contribution >= 0.6 is 11.6 Å². The number of fused-ring (bicyclic) bond motifs is 2. The third-order valence-electron chi connectivity index (χ3n) is 6.67. The number of hydrogen-bond donors (Lipinski definition) is 1. The van der Waals surface area contributed by atoms with Gasteiger partial charge in [-0.25, -0.2) is 17.1 Å². The molecular formula is C20H26ClFN2O3S. The maximum Gasteiger partial charge on any atom is 0.223 e. The quantitative estimate of drug-likeness (QED) is 0.782. The molecule has 0 spiro atoms. The Morgan fingerprint density at radius 3 is 2.54 bits per heavy atom. The van der Waals surface area contributed by atoms with Crippen LogP contribution in [0.3, 0.4) is 0 Å². The molecule has 4 rings (SSSR count). The number of carbonyl (C=O) groups is 1. The zero-order chi connectivity index (χ0) is 19.9. The molecule has 1 heterocycles. The van der Waals surface area contributed by atoms with E-state index in [-0.39, 0.29) is 35.5 Å². The largest absolute Gasteiger partial charge is 0.353 e. The summed E-state index contributed by atoms with van der Waals surface area (Å²) in [5.41, 5.74) is 0.000296. The molecule has 1 N–H and O–H groups in total. The molecule has 2 bridgehead atoms. The number of sulfonamides is 1. The summed E-state index contributed by atoms with van der Waals surface area (Å²) in [5, 5.41) is 3.33. The number of halogens is 2. The van der Waals surface area contributed by atoms with E-state index in [0.717, 1.165) is 12.3 Å². The van der Waals surface area contributed by atoms with Gasteiger partial charge in [0.2, 0.25) is 15.9 Å². The first-order valence-electron chi connectivity index (χ1n) is 10.0. The van der Waals surface area contributed by atoms with E-state index in [0.29, 0.717) is 24.8 Å². The fraction of sp³-hybridized carbons (Fsp3) is 0.650. The molecule has 3 aliphatic rings. The van der Waals surface area contributed by atoms with E-state index in [2.05, 4.69) is 5.32 Å². The normalized spacial score (nSPS) is 28.6. The van der Waals surface area contributed by atoms with E-state index in [1.165, 1.54) is 41.8 Å². The van der Waals surface area contributed by atoms with Gasteiger partial charge in [0.25, 0.3) is 0 Å². The molecule has 8 heteroatoms. The van der Waals surface area contributed by atoms with Crippen molar-refractivity contribution in [2.45, 2.75) is 50.3 Å². The van der Waals surface area contributed by atoms with Crippen molar-refractivity contribution in [1.29, 1.82) is 0 Å². The molecule has 1 aliphatic heterocycles. The molecule has 1 aromatic carbocycles. The minimum absolute atomic E-state index is 0.000296. The van der Waals surface area contributed by atoms with Crippen molar-refractivity contribution in [3.05, 3.63) is 34.6 Å². The number of nitrogens with zero attached hydrogens (tertiary/aromatic N) is 1. The smallest absolute Gasteiger partial charge is 0.223 e. The lowest BCUT2D eigenvalue weighted by atomic mass is 9.93. The summed E-state index contributed by atoms with van der Waals surface area (Å²) in [6, 6.07) is 4.45. The molecule has 5 nitrogen and oxygen atoms in total. The third kappa shape index (κ3) is 4.07. The number of rotatable bonds is 5. The summed E-state index contributed by atoms with van der Waals surface area (Å²) in [6.45, 7) is 0.562. The standard InChI is InChI=1S/C20H26ClFN2O3S/c21-17-2-1-3-18(22)16(17)12-28(26,27)24-8-6-14(7-9-24)20(25)23-19-11-13-4-5-15(19)10-13/h1-3,13-15,19H,4-12H2,(H,23,25)/t13-,15-,19+/m1/s1. The van der Waals surface area contributed by atoms with Crippen LogP contribution in [0.4, 0.5) is 4.39 Å². The van der Waals surface area contributed by atoms with Gasteiger partial charge in [0, 0.05) is 35.6 Å². The van der Waals surface area contributed by atoms with Crippen molar-refractivity contribution in [2.75, 3.05) is 13.1 Å². The summed E-state index contributed by atoms with van der Waals surface area (Å²) in [7, 11) is -3.68. The van der Waals surface area contributed by atoms with Crippen LogP contribution in [0, 0.1) is 23.6 Å². The first kappa shape index (κ1) is 20.1. The van der Waals surface area contributed by atoms with Gasteiger partial charge in [-0.2, -0.15) is 0 Å². The Bertz CT molecular complexity index is 835. The van der Waals surface area contributed by atoms with Crippen LogP contribution in [0.1, 0.15) is 44.1 Å². The van der Waals surface area contributed by atoms with Crippen LogP contribution in [0.25, 0.3) is 0 Å². The fourth-order valence-electron chi connectivity index (χ4n) is 5.06. The summed E-state index contributed by atoms with van der Waals surface area (Å²) in [4.78, 5) is 12.6. The van der Waals surface area contributed by atoms with Crippen molar-refractivity contribution in [1.82, 2.24) is 9.62 Å². The Balaban J connectivity index is 1.32. The lowest BCUT2D eigenvalue weighted by molar-refractivity contribution is -0.127. The molecule has 2 saturated carbocycles. The number of carbonyl (C=O) groups excluding carboxylic acids is 1. The van der Waals surface area contributed by atoms with Gasteiger partial charge in [0.15, 0.2) is 0 Å². The highest BCUT2D eigenvalue weighted by atomic mass is 35.5. The van der Waals surface area contributed by atoms with Crippen LogP contribution < -0.4 is 5.32 Å². The molecule has 1 amide bonds. The summed E-state index contributed by atoms with van der Waals surface area (Å²) < 4.78 is 40.7. The second-order valence-corrected chi connectivity index (χ2v) is 10.8. The maximum absolute atomic E-state index is 14.0. The summed E-state index contributed by atoms with van der Waals surface area (Å²) >= 11 is 5.97. The van der Waals surface area contributed by atoms with Gasteiger partial charge in [0.1, 0.15) is 5.82 Å². The topological polar surface area (TPSA) is 66.5 Å². The Hall–Kier alpha value is -1.18. The van der Waals surface area contributed by atoms with Gasteiger partial charge in [-0.3, -0.25) is 4.79 Å². The predicted molar refractivity (Wildman–Crippen MR) is 106 cm³/mol. The molecule has 154 valence electrons. The van der Waals surface area contributed by atoms with E-state index < -0.39 is 21.6 Å². The van der Waals surface area contributed by atoms with E-state index >= 15 is 0 Å². The molecule has 0 unspecified atom stereocenters. The van der Waals surface area contributed by atoms with E-state index in [4.69, 9.17) is 11.6 Å². The summed E-state index contributed by atoms with van der Waals surface area (Å²) in [6.07, 6.45) is 5.82. The lowest BCUT2D eigenvalue weighted by Gasteiger charge is -2.32. The van der Waals surface area contributed by atoms with Crippen LogP contribution in [0.15, 0.2) is 18.2 Å². The number of amides is 1. The number of piperidine rings is 1. The predicted octanol–water partition coefficient (Wildman–Crippen LogP) is 3.33. The number of nitrogens with one attached hydrogen (secondary N) is 1. The molecule has 28 heavy (non-hydrogen) atoms. The molecular weight excluding hydrogens is 403 g/mol. The van der Waals surface area contributed by atoms with Crippen LogP contribution in [0.5, 0.6) is 0 Å². The molecule has 3 fully saturated rings. The Morgan fingerprint density at radius 2 is 1.93 bits per heavy atom. The van der Waals surface area contributed by atoms with Crippen molar-refractivity contribution in [2.24, 2.45) is 17.8 Å². The monoisotopic (exact) mass is 428 g/mol. The average molecular weight is 429 g/mol. The van der Waals surface area contributed by atoms with Crippen molar-refractivity contribution < 1.29 is 17.6 Å². The molecule has 1 saturated heterocycles. The highest BCUT2D eigenvalue weighted by molar-refractivity contribution is 7.88. The first-order chi connectivity index (χ1) is 13.3. The van der Waals surface area contributed by atoms with E-state index in [1.807, 2.05) is 0 Å². The molecule has 0 aromatic heterocycles. The van der Waals surface area contributed by atoms with Gasteiger partial charge < -0.3 is 5.32 Å². The fourth-order valence-corrected chi connectivity index (χ4v) is 6.98. The third-order valence-corrected chi connectivity index (χ3v) is 8.83. The Labute approximate surface area is 170 Å². The molecule has 3 atom stereocenters. The zero-order valence-corrected chi connectivity index (χ0v) is 17.3. The summed E-state index contributed by atoms with van der Waals surface area (Å²) in [5.74, 6) is 0.235. The highest BCUT2D eigenvalue weighted by Gasteiger charge is 2.41. The average Bonchev–Trinajstić information content (AvgIpc) is 3.28. The minimum Gasteiger partial charge on any atom is -0.353 e. The van der Waals surface area contributed by atoms with Gasteiger partial charge in [-0.05, 0) is 56.1 Å². The van der Waals surface area contributed by atoms with E-state index in [1.54, 1.807) is 0 Å². The van der Waals surface area contributed by atoms with Gasteiger partial charge in [-0.15, -0.1) is 0 Å². The number of hydrogen-bond acceptors (Lipinski definition) is 3. The minimum atomic E-state index is -3.68. The Kier molecular flexibility index (Phi) is 5.69. The van der Waals surface area contributed by atoms with Crippen LogP contribution in [-0.4, -0.2) is 37.8 Å². The van der Waals surface area contributed by atoms with Gasteiger partial charge in [0.05, 0.1) is 5.75 Å². The lowest BCUT2D eigenvalue weighted by Crippen LogP contribution is -2.46. The van der Waals surface area contributed by atoms with Crippen LogP contribution in [-0.2, 0) is 20.6 Å². The van der Waals surface area contributed by atoms with Gasteiger partial charge >= 0.3 is 0 Å². The zero-order valence-electron chi connectivity index (χ0n) is 15.7. The first-order valence-corrected chi connectivity index (χ1v) is 12.0.